The predicted molar refractivity (Wildman–Crippen MR) is 47.1 cm³/mol. The zero-order valence-corrected chi connectivity index (χ0v) is 7.32. The summed E-state index contributed by atoms with van der Waals surface area (Å²) in [4.78, 5) is 13.3. The van der Waals surface area contributed by atoms with E-state index in [-0.39, 0.29) is 5.91 Å². The minimum atomic E-state index is -0.0447. The van der Waals surface area contributed by atoms with Crippen LogP contribution in [0.15, 0.2) is 6.20 Å². The lowest BCUT2D eigenvalue weighted by atomic mass is 10.2. The zero-order chi connectivity index (χ0) is 9.42. The predicted octanol–water partition coefficient (Wildman–Crippen LogP) is -0.0500. The van der Waals surface area contributed by atoms with Crippen LogP contribution in [0, 0.1) is 12.3 Å². The summed E-state index contributed by atoms with van der Waals surface area (Å²) in [6.07, 6.45) is 6.81. The summed E-state index contributed by atoms with van der Waals surface area (Å²) in [5.41, 5.74) is 1.12. The van der Waals surface area contributed by atoms with Crippen molar-refractivity contribution in [1.82, 2.24) is 14.7 Å². The lowest BCUT2D eigenvalue weighted by Crippen LogP contribution is -2.37. The van der Waals surface area contributed by atoms with Crippen LogP contribution in [0.1, 0.15) is 16.1 Å². The second kappa shape index (κ2) is 2.63. The molecule has 66 valence electrons. The summed E-state index contributed by atoms with van der Waals surface area (Å²) in [7, 11) is 1.76. The molecule has 0 aliphatic carbocycles. The molecule has 13 heavy (non-hydrogen) atoms. The van der Waals surface area contributed by atoms with Crippen LogP contribution in [0.25, 0.3) is 0 Å². The molecule has 0 bridgehead atoms. The van der Waals surface area contributed by atoms with Crippen molar-refractivity contribution < 1.29 is 4.79 Å². The average molecular weight is 175 g/mol. The number of carbonyl (C=O) groups excluding carboxylic acids is 1. The smallest absolute Gasteiger partial charge is 0.273 e. The summed E-state index contributed by atoms with van der Waals surface area (Å²) >= 11 is 0. The Morgan fingerprint density at radius 2 is 2.38 bits per heavy atom. The van der Waals surface area contributed by atoms with Crippen LogP contribution in [0.2, 0.25) is 0 Å². The normalized spacial score (nSPS) is 15.4. The molecule has 0 atom stereocenters. The standard InChI is InChI=1S/C9H9N3O/c1-3-7-6-10-12-5-4-11(2)9(13)8(7)12/h1,6H,4-5H2,2H3. The molecular weight excluding hydrogens is 166 g/mol. The van der Waals surface area contributed by atoms with Gasteiger partial charge in [-0.05, 0) is 0 Å². The summed E-state index contributed by atoms with van der Waals surface area (Å²) in [5, 5.41) is 4.04. The van der Waals surface area contributed by atoms with Crippen molar-refractivity contribution in [3.05, 3.63) is 17.5 Å². The molecule has 1 amide bonds. The number of fused-ring (bicyclic) bond motifs is 1. The fraction of sp³-hybridized carbons (Fsp3) is 0.333. The number of hydrogen-bond donors (Lipinski definition) is 0. The Bertz CT molecular complexity index is 399. The molecule has 0 aromatic carbocycles. The highest BCUT2D eigenvalue weighted by molar-refractivity contribution is 5.95. The second-order valence-corrected chi connectivity index (χ2v) is 3.00. The molecule has 1 aliphatic rings. The van der Waals surface area contributed by atoms with E-state index in [0.29, 0.717) is 17.8 Å². The molecule has 0 spiro atoms. The van der Waals surface area contributed by atoms with E-state index in [2.05, 4.69) is 11.0 Å². The van der Waals surface area contributed by atoms with Gasteiger partial charge in [-0.2, -0.15) is 5.10 Å². The number of hydrogen-bond acceptors (Lipinski definition) is 2. The van der Waals surface area contributed by atoms with Gasteiger partial charge in [-0.25, -0.2) is 0 Å². The molecule has 0 saturated heterocycles. The SMILES string of the molecule is C#Cc1cnn2c1C(=O)N(C)CC2. The van der Waals surface area contributed by atoms with Crippen LogP contribution < -0.4 is 0 Å². The van der Waals surface area contributed by atoms with Gasteiger partial charge in [-0.15, -0.1) is 6.42 Å². The van der Waals surface area contributed by atoms with Gasteiger partial charge in [-0.1, -0.05) is 5.92 Å². The first-order valence-electron chi connectivity index (χ1n) is 4.02. The topological polar surface area (TPSA) is 38.1 Å². The van der Waals surface area contributed by atoms with E-state index in [0.717, 1.165) is 6.54 Å². The Morgan fingerprint density at radius 3 is 3.08 bits per heavy atom. The molecule has 0 unspecified atom stereocenters. The number of likely N-dealkylation sites (N-methyl/N-ethyl adjacent to an activating group) is 1. The van der Waals surface area contributed by atoms with Crippen LogP contribution in [-0.2, 0) is 6.54 Å². The molecule has 0 radical (unpaired) electrons. The summed E-state index contributed by atoms with van der Waals surface area (Å²) < 4.78 is 1.66. The van der Waals surface area contributed by atoms with Gasteiger partial charge in [0, 0.05) is 13.6 Å². The lowest BCUT2D eigenvalue weighted by molar-refractivity contribution is 0.0742. The van der Waals surface area contributed by atoms with Crippen LogP contribution in [0.3, 0.4) is 0 Å². The molecule has 4 heteroatoms. The van der Waals surface area contributed by atoms with Gasteiger partial charge in [0.05, 0.1) is 18.3 Å². The lowest BCUT2D eigenvalue weighted by Gasteiger charge is -2.23. The average Bonchev–Trinajstić information content (AvgIpc) is 2.55. The van der Waals surface area contributed by atoms with Crippen LogP contribution >= 0.6 is 0 Å². The van der Waals surface area contributed by atoms with Crippen molar-refractivity contribution in [1.29, 1.82) is 0 Å². The second-order valence-electron chi connectivity index (χ2n) is 3.00. The van der Waals surface area contributed by atoms with Gasteiger partial charge in [-0.3, -0.25) is 9.48 Å². The number of amides is 1. The Kier molecular flexibility index (Phi) is 1.59. The van der Waals surface area contributed by atoms with Crippen molar-refractivity contribution in [3.63, 3.8) is 0 Å². The van der Waals surface area contributed by atoms with E-state index >= 15 is 0 Å². The quantitative estimate of drug-likeness (QED) is 0.518. The Balaban J connectivity index is 2.57. The number of nitrogens with zero attached hydrogens (tertiary/aromatic N) is 3. The number of aromatic nitrogens is 2. The highest BCUT2D eigenvalue weighted by Gasteiger charge is 2.25. The molecule has 1 aromatic heterocycles. The highest BCUT2D eigenvalue weighted by Crippen LogP contribution is 2.13. The van der Waals surface area contributed by atoms with Gasteiger partial charge in [0.1, 0.15) is 5.69 Å². The fourth-order valence-electron chi connectivity index (χ4n) is 1.41. The molecule has 0 N–H and O–H groups in total. The van der Waals surface area contributed by atoms with Crippen LogP contribution in [-0.4, -0.2) is 34.2 Å². The first-order chi connectivity index (χ1) is 6.24. The molecule has 0 saturated carbocycles. The first kappa shape index (κ1) is 7.87. The maximum atomic E-state index is 11.6. The summed E-state index contributed by atoms with van der Waals surface area (Å²) in [5.74, 6) is 2.41. The molecule has 1 aromatic rings. The largest absolute Gasteiger partial charge is 0.338 e. The van der Waals surface area contributed by atoms with Gasteiger partial charge in [0.2, 0.25) is 0 Å². The number of carbonyl (C=O) groups is 1. The van der Waals surface area contributed by atoms with E-state index in [1.54, 1.807) is 22.8 Å². The maximum Gasteiger partial charge on any atom is 0.273 e. The molecular formula is C9H9N3O. The summed E-state index contributed by atoms with van der Waals surface area (Å²) in [6, 6.07) is 0. The molecule has 4 nitrogen and oxygen atoms in total. The molecule has 0 fully saturated rings. The Hall–Kier alpha value is -1.76. The monoisotopic (exact) mass is 175 g/mol. The third-order valence-corrected chi connectivity index (χ3v) is 2.19. The number of terminal acetylenes is 1. The van der Waals surface area contributed by atoms with Gasteiger partial charge < -0.3 is 4.90 Å². The number of rotatable bonds is 0. The van der Waals surface area contributed by atoms with Crippen LogP contribution in [0.4, 0.5) is 0 Å². The van der Waals surface area contributed by atoms with Crippen molar-refractivity contribution in [2.75, 3.05) is 13.6 Å². The third kappa shape index (κ3) is 1.01. The minimum absolute atomic E-state index is 0.0447. The van der Waals surface area contributed by atoms with E-state index in [1.165, 1.54) is 0 Å². The maximum absolute atomic E-state index is 11.6. The molecule has 2 rings (SSSR count). The fourth-order valence-corrected chi connectivity index (χ4v) is 1.41. The van der Waals surface area contributed by atoms with E-state index in [1.807, 2.05) is 0 Å². The molecule has 2 heterocycles. The van der Waals surface area contributed by atoms with Gasteiger partial charge >= 0.3 is 0 Å². The third-order valence-electron chi connectivity index (χ3n) is 2.19. The van der Waals surface area contributed by atoms with Gasteiger partial charge in [0.15, 0.2) is 0 Å². The highest BCUT2D eigenvalue weighted by atomic mass is 16.2. The van der Waals surface area contributed by atoms with Crippen molar-refractivity contribution in [2.24, 2.45) is 0 Å². The van der Waals surface area contributed by atoms with Crippen molar-refractivity contribution >= 4 is 5.91 Å². The van der Waals surface area contributed by atoms with Crippen molar-refractivity contribution in [3.8, 4) is 12.3 Å². The van der Waals surface area contributed by atoms with E-state index < -0.39 is 0 Å². The van der Waals surface area contributed by atoms with Gasteiger partial charge in [0.25, 0.3) is 5.91 Å². The zero-order valence-electron chi connectivity index (χ0n) is 7.32. The van der Waals surface area contributed by atoms with Crippen LogP contribution in [0.5, 0.6) is 0 Å². The Morgan fingerprint density at radius 1 is 1.62 bits per heavy atom. The minimum Gasteiger partial charge on any atom is -0.338 e. The van der Waals surface area contributed by atoms with Crippen molar-refractivity contribution in [2.45, 2.75) is 6.54 Å². The van der Waals surface area contributed by atoms with E-state index in [4.69, 9.17) is 6.42 Å². The van der Waals surface area contributed by atoms with E-state index in [9.17, 15) is 4.79 Å². The Labute approximate surface area is 76.1 Å². The summed E-state index contributed by atoms with van der Waals surface area (Å²) in [6.45, 7) is 1.41. The molecule has 1 aliphatic heterocycles. The first-order valence-corrected chi connectivity index (χ1v) is 4.02.